The Morgan fingerprint density at radius 1 is 0.583 bits per heavy atom. The molecule has 0 spiro atoms. The molecule has 5 rings (SSSR count). The molecule has 0 saturated heterocycles. The second-order valence-electron chi connectivity index (χ2n) is 9.55. The highest BCUT2D eigenvalue weighted by atomic mass is 15.1. The highest BCUT2D eigenvalue weighted by molar-refractivity contribution is 5.94. The molecule has 0 saturated carbocycles. The maximum absolute atomic E-state index is 2.37. The Balaban J connectivity index is 1.61. The molecule has 2 nitrogen and oxygen atoms in total. The minimum absolute atomic E-state index is 0.863. The van der Waals surface area contributed by atoms with Gasteiger partial charge in [-0.25, -0.2) is 0 Å². The van der Waals surface area contributed by atoms with Gasteiger partial charge in [0.25, 0.3) is 0 Å². The summed E-state index contributed by atoms with van der Waals surface area (Å²) in [5.41, 5.74) is 10.9. The van der Waals surface area contributed by atoms with E-state index in [1.807, 2.05) is 0 Å². The van der Waals surface area contributed by atoms with Crippen LogP contribution in [-0.4, -0.2) is 27.2 Å². The average Bonchev–Trinajstić information content (AvgIpc) is 3.36. The predicted octanol–water partition coefficient (Wildman–Crippen LogP) is 7.96. The molecule has 0 aromatic heterocycles. The van der Waals surface area contributed by atoms with Crippen molar-refractivity contribution in [1.29, 1.82) is 0 Å². The molecule has 1 aliphatic rings. The molecule has 1 aliphatic carbocycles. The Labute approximate surface area is 215 Å². The van der Waals surface area contributed by atoms with Crippen LogP contribution in [0.2, 0.25) is 0 Å². The van der Waals surface area contributed by atoms with E-state index >= 15 is 0 Å². The predicted molar refractivity (Wildman–Crippen MR) is 155 cm³/mol. The van der Waals surface area contributed by atoms with E-state index in [2.05, 4.69) is 145 Å². The van der Waals surface area contributed by atoms with Gasteiger partial charge in [-0.2, -0.15) is 0 Å². The van der Waals surface area contributed by atoms with Crippen molar-refractivity contribution in [3.8, 4) is 0 Å². The maximum Gasteiger partial charge on any atom is 0.0435 e. The zero-order chi connectivity index (χ0) is 24.7. The highest BCUT2D eigenvalue weighted by Crippen LogP contribution is 2.43. The molecule has 0 radical (unpaired) electrons. The third-order valence-corrected chi connectivity index (χ3v) is 7.10. The Morgan fingerprint density at radius 3 is 1.67 bits per heavy atom. The number of hydrogen-bond acceptors (Lipinski definition) is 2. The molecule has 180 valence electrons. The summed E-state index contributed by atoms with van der Waals surface area (Å²) >= 11 is 0. The van der Waals surface area contributed by atoms with Gasteiger partial charge in [-0.05, 0) is 70.5 Å². The lowest BCUT2D eigenvalue weighted by molar-refractivity contribution is 0.909. The number of likely N-dealkylation sites (N-methyl/N-ethyl adjacent to an activating group) is 2. The van der Waals surface area contributed by atoms with Crippen molar-refractivity contribution in [2.24, 2.45) is 0 Å². The first-order chi connectivity index (χ1) is 17.7. The molecule has 0 unspecified atom stereocenters. The average molecular weight is 471 g/mol. The zero-order valence-electron chi connectivity index (χ0n) is 21.3. The summed E-state index contributed by atoms with van der Waals surface area (Å²) in [6, 6.07) is 43.3. The standard InChI is InChI=1S/C34H34N2/c1-35(30-19-11-5-12-20-30)25-29-23-24-32(34(29)28-17-9-4-10-18-28)33(27-15-7-3-8-16-27)26-36(2)31-21-13-6-14-22-31/h3-22H,23-26H2,1-2H3/b33-32+. The van der Waals surface area contributed by atoms with E-state index in [0.29, 0.717) is 0 Å². The fourth-order valence-electron chi connectivity index (χ4n) is 5.25. The maximum atomic E-state index is 2.37. The van der Waals surface area contributed by atoms with E-state index in [-0.39, 0.29) is 0 Å². The van der Waals surface area contributed by atoms with Crippen molar-refractivity contribution in [2.45, 2.75) is 12.8 Å². The molecule has 0 heterocycles. The van der Waals surface area contributed by atoms with Crippen LogP contribution in [0.1, 0.15) is 24.0 Å². The number of para-hydroxylation sites is 2. The first-order valence-corrected chi connectivity index (χ1v) is 12.8. The third-order valence-electron chi connectivity index (χ3n) is 7.10. The van der Waals surface area contributed by atoms with Crippen LogP contribution in [0.4, 0.5) is 11.4 Å². The summed E-state index contributed by atoms with van der Waals surface area (Å²) in [5.74, 6) is 0. The van der Waals surface area contributed by atoms with Crippen LogP contribution in [0.3, 0.4) is 0 Å². The van der Waals surface area contributed by atoms with Crippen LogP contribution in [0.15, 0.2) is 132 Å². The highest BCUT2D eigenvalue weighted by Gasteiger charge is 2.26. The number of benzene rings is 4. The summed E-state index contributed by atoms with van der Waals surface area (Å²) in [7, 11) is 4.40. The number of allylic oxidation sites excluding steroid dienone is 2. The molecule has 2 heteroatoms. The van der Waals surface area contributed by atoms with Crippen molar-refractivity contribution in [1.82, 2.24) is 0 Å². The summed E-state index contributed by atoms with van der Waals surface area (Å²) in [6.45, 7) is 1.79. The smallest absolute Gasteiger partial charge is 0.0435 e. The minimum Gasteiger partial charge on any atom is -0.371 e. The van der Waals surface area contributed by atoms with Crippen molar-refractivity contribution in [3.63, 3.8) is 0 Å². The molecule has 4 aromatic rings. The molecule has 0 N–H and O–H groups in total. The van der Waals surface area contributed by atoms with Gasteiger partial charge in [0, 0.05) is 38.6 Å². The van der Waals surface area contributed by atoms with Gasteiger partial charge in [0.2, 0.25) is 0 Å². The van der Waals surface area contributed by atoms with Gasteiger partial charge in [-0.15, -0.1) is 0 Å². The van der Waals surface area contributed by atoms with Gasteiger partial charge >= 0.3 is 0 Å². The summed E-state index contributed by atoms with van der Waals surface area (Å²) in [4.78, 5) is 4.74. The van der Waals surface area contributed by atoms with E-state index in [4.69, 9.17) is 0 Å². The van der Waals surface area contributed by atoms with Crippen molar-refractivity contribution < 1.29 is 0 Å². The van der Waals surface area contributed by atoms with Crippen LogP contribution >= 0.6 is 0 Å². The van der Waals surface area contributed by atoms with Crippen LogP contribution in [0.25, 0.3) is 11.1 Å². The second-order valence-corrected chi connectivity index (χ2v) is 9.55. The van der Waals surface area contributed by atoms with Crippen LogP contribution in [-0.2, 0) is 0 Å². The number of nitrogens with zero attached hydrogens (tertiary/aromatic N) is 2. The van der Waals surface area contributed by atoms with Gasteiger partial charge in [0.05, 0.1) is 0 Å². The van der Waals surface area contributed by atoms with E-state index in [1.165, 1.54) is 44.8 Å². The number of anilines is 2. The van der Waals surface area contributed by atoms with Crippen molar-refractivity contribution in [3.05, 3.63) is 144 Å². The Morgan fingerprint density at radius 2 is 1.08 bits per heavy atom. The molecule has 4 aromatic carbocycles. The Hall–Kier alpha value is -4.04. The van der Waals surface area contributed by atoms with Crippen LogP contribution in [0.5, 0.6) is 0 Å². The Bertz CT molecular complexity index is 1320. The van der Waals surface area contributed by atoms with Gasteiger partial charge in [0.1, 0.15) is 0 Å². The zero-order valence-corrected chi connectivity index (χ0v) is 21.3. The van der Waals surface area contributed by atoms with Gasteiger partial charge in [-0.3, -0.25) is 0 Å². The van der Waals surface area contributed by atoms with Crippen LogP contribution < -0.4 is 9.80 Å². The van der Waals surface area contributed by atoms with E-state index in [9.17, 15) is 0 Å². The first-order valence-electron chi connectivity index (χ1n) is 12.8. The second kappa shape index (κ2) is 11.1. The fourth-order valence-corrected chi connectivity index (χ4v) is 5.25. The third kappa shape index (κ3) is 5.28. The van der Waals surface area contributed by atoms with Crippen LogP contribution in [0, 0.1) is 0 Å². The monoisotopic (exact) mass is 470 g/mol. The topological polar surface area (TPSA) is 6.48 Å². The van der Waals surface area contributed by atoms with Crippen molar-refractivity contribution >= 4 is 22.5 Å². The quantitative estimate of drug-likeness (QED) is 0.258. The number of rotatable bonds is 8. The first kappa shape index (κ1) is 23.7. The molecule has 0 bridgehead atoms. The van der Waals surface area contributed by atoms with Gasteiger partial charge in [0.15, 0.2) is 0 Å². The SMILES string of the molecule is CN(CC1=C(c2ccccc2)/C(=C(\CN(C)c2ccccc2)c2ccccc2)CC1)c1ccccc1. The molecule has 0 atom stereocenters. The summed E-state index contributed by atoms with van der Waals surface area (Å²) < 4.78 is 0. The van der Waals surface area contributed by atoms with Gasteiger partial charge in [-0.1, -0.05) is 97.1 Å². The molecular formula is C34H34N2. The molecule has 0 aliphatic heterocycles. The Kier molecular flexibility index (Phi) is 7.33. The molecular weight excluding hydrogens is 436 g/mol. The normalized spacial score (nSPS) is 14.6. The molecule has 0 amide bonds. The molecule has 36 heavy (non-hydrogen) atoms. The molecule has 0 fully saturated rings. The lowest BCUT2D eigenvalue weighted by Gasteiger charge is -2.25. The van der Waals surface area contributed by atoms with Gasteiger partial charge < -0.3 is 9.80 Å². The minimum atomic E-state index is 0.863. The van der Waals surface area contributed by atoms with Crippen molar-refractivity contribution in [2.75, 3.05) is 37.0 Å². The van der Waals surface area contributed by atoms with E-state index < -0.39 is 0 Å². The summed E-state index contributed by atoms with van der Waals surface area (Å²) in [6.07, 6.45) is 2.15. The van der Waals surface area contributed by atoms with E-state index in [0.717, 1.165) is 25.9 Å². The lowest BCUT2D eigenvalue weighted by atomic mass is 9.90. The summed E-state index contributed by atoms with van der Waals surface area (Å²) in [5, 5.41) is 0. The largest absolute Gasteiger partial charge is 0.371 e. The lowest BCUT2D eigenvalue weighted by Crippen LogP contribution is -2.21. The number of hydrogen-bond donors (Lipinski definition) is 0. The van der Waals surface area contributed by atoms with E-state index in [1.54, 1.807) is 0 Å². The fraction of sp³-hybridized carbons (Fsp3) is 0.176.